The van der Waals surface area contributed by atoms with Crippen molar-refractivity contribution in [1.29, 1.82) is 0 Å². The molecule has 92 valence electrons. The molecule has 0 aromatic heterocycles. The number of halogens is 3. The van der Waals surface area contributed by atoms with Crippen molar-refractivity contribution in [3.8, 4) is 0 Å². The zero-order valence-electron chi connectivity index (χ0n) is 8.79. The van der Waals surface area contributed by atoms with Crippen LogP contribution in [0.4, 0.5) is 18.9 Å². The minimum atomic E-state index is -4.48. The Bertz CT molecular complexity index is 445. The number of benzene rings is 1. The van der Waals surface area contributed by atoms with Gasteiger partial charge in [0.15, 0.2) is 0 Å². The molecule has 0 spiro atoms. The van der Waals surface area contributed by atoms with Gasteiger partial charge in [-0.2, -0.15) is 13.2 Å². The van der Waals surface area contributed by atoms with E-state index in [-0.39, 0.29) is 17.6 Å². The monoisotopic (exact) mass is 244 g/mol. The van der Waals surface area contributed by atoms with Gasteiger partial charge in [-0.15, -0.1) is 0 Å². The summed E-state index contributed by atoms with van der Waals surface area (Å²) >= 11 is 0. The van der Waals surface area contributed by atoms with E-state index in [1.54, 1.807) is 0 Å². The lowest BCUT2D eigenvalue weighted by atomic mass is 10.1. The molecule has 0 heterocycles. The zero-order chi connectivity index (χ0) is 12.6. The number of nitrogens with two attached hydrogens (primary N) is 1. The molecular weight excluding hydrogens is 233 g/mol. The third-order valence-corrected chi connectivity index (χ3v) is 2.67. The van der Waals surface area contributed by atoms with Crippen LogP contribution < -0.4 is 11.1 Å². The summed E-state index contributed by atoms with van der Waals surface area (Å²) in [6, 6.07) is 4.66. The number of para-hydroxylation sites is 1. The van der Waals surface area contributed by atoms with Gasteiger partial charge in [0, 0.05) is 6.04 Å². The molecule has 0 saturated heterocycles. The van der Waals surface area contributed by atoms with Gasteiger partial charge in [0.25, 0.3) is 0 Å². The Balaban J connectivity index is 2.18. The molecule has 1 fully saturated rings. The number of alkyl halides is 3. The van der Waals surface area contributed by atoms with Gasteiger partial charge in [0.2, 0.25) is 5.91 Å². The predicted octanol–water partition coefficient (Wildman–Crippen LogP) is 1.99. The highest BCUT2D eigenvalue weighted by Gasteiger charge is 2.41. The molecule has 2 unspecified atom stereocenters. The van der Waals surface area contributed by atoms with Crippen LogP contribution >= 0.6 is 0 Å². The molecule has 2 rings (SSSR count). The van der Waals surface area contributed by atoms with Crippen LogP contribution in [0.2, 0.25) is 0 Å². The average molecular weight is 244 g/mol. The topological polar surface area (TPSA) is 55.1 Å². The maximum Gasteiger partial charge on any atom is 0.418 e. The zero-order valence-corrected chi connectivity index (χ0v) is 8.79. The van der Waals surface area contributed by atoms with Crippen molar-refractivity contribution in [1.82, 2.24) is 0 Å². The van der Waals surface area contributed by atoms with E-state index in [1.165, 1.54) is 18.2 Å². The van der Waals surface area contributed by atoms with Crippen molar-refractivity contribution >= 4 is 11.6 Å². The van der Waals surface area contributed by atoms with Crippen LogP contribution in [-0.4, -0.2) is 11.9 Å². The summed E-state index contributed by atoms with van der Waals surface area (Å²) in [5.74, 6) is -0.814. The fraction of sp³-hybridized carbons (Fsp3) is 0.364. The lowest BCUT2D eigenvalue weighted by Crippen LogP contribution is -2.20. The number of anilines is 1. The van der Waals surface area contributed by atoms with Crippen LogP contribution in [0.25, 0.3) is 0 Å². The highest BCUT2D eigenvalue weighted by atomic mass is 19.4. The Hall–Kier alpha value is -1.56. The fourth-order valence-electron chi connectivity index (χ4n) is 1.58. The van der Waals surface area contributed by atoms with Crippen molar-refractivity contribution in [3.63, 3.8) is 0 Å². The Morgan fingerprint density at radius 1 is 1.35 bits per heavy atom. The molecule has 1 aliphatic rings. The first kappa shape index (κ1) is 11.9. The molecule has 1 aromatic rings. The third kappa shape index (κ3) is 2.58. The lowest BCUT2D eigenvalue weighted by molar-refractivity contribution is -0.137. The summed E-state index contributed by atoms with van der Waals surface area (Å²) in [5, 5.41) is 2.27. The minimum absolute atomic E-state index is 0.218. The van der Waals surface area contributed by atoms with E-state index in [0.29, 0.717) is 6.42 Å². The third-order valence-electron chi connectivity index (χ3n) is 2.67. The van der Waals surface area contributed by atoms with E-state index in [2.05, 4.69) is 5.32 Å². The summed E-state index contributed by atoms with van der Waals surface area (Å²) in [7, 11) is 0. The first-order chi connectivity index (χ1) is 7.89. The summed E-state index contributed by atoms with van der Waals surface area (Å²) in [6.45, 7) is 0. The molecule has 0 radical (unpaired) electrons. The number of hydrogen-bond donors (Lipinski definition) is 2. The molecule has 1 aromatic carbocycles. The van der Waals surface area contributed by atoms with Gasteiger partial charge in [-0.3, -0.25) is 4.79 Å². The molecule has 1 saturated carbocycles. The second-order valence-corrected chi connectivity index (χ2v) is 4.04. The summed E-state index contributed by atoms with van der Waals surface area (Å²) in [5.41, 5.74) is 4.40. The summed E-state index contributed by atoms with van der Waals surface area (Å²) in [6.07, 6.45) is -3.95. The van der Waals surface area contributed by atoms with Gasteiger partial charge in [0.05, 0.1) is 17.2 Å². The molecule has 3 nitrogen and oxygen atoms in total. The normalized spacial score (nSPS) is 23.3. The molecule has 0 bridgehead atoms. The van der Waals surface area contributed by atoms with Gasteiger partial charge in [-0.25, -0.2) is 0 Å². The molecule has 1 aliphatic carbocycles. The van der Waals surface area contributed by atoms with Gasteiger partial charge in [-0.05, 0) is 18.6 Å². The quantitative estimate of drug-likeness (QED) is 0.835. The number of hydrogen-bond acceptors (Lipinski definition) is 2. The Labute approximate surface area is 95.8 Å². The van der Waals surface area contributed by atoms with Gasteiger partial charge in [-0.1, -0.05) is 12.1 Å². The number of carbonyl (C=O) groups is 1. The van der Waals surface area contributed by atoms with Crippen LogP contribution in [0.3, 0.4) is 0 Å². The molecule has 17 heavy (non-hydrogen) atoms. The largest absolute Gasteiger partial charge is 0.418 e. The molecule has 3 N–H and O–H groups in total. The highest BCUT2D eigenvalue weighted by molar-refractivity contribution is 5.95. The second kappa shape index (κ2) is 4.03. The van der Waals surface area contributed by atoms with Crippen molar-refractivity contribution < 1.29 is 18.0 Å². The van der Waals surface area contributed by atoms with E-state index in [1.807, 2.05) is 0 Å². The number of rotatable bonds is 2. The molecule has 1 amide bonds. The number of carbonyl (C=O) groups excluding carboxylic acids is 1. The summed E-state index contributed by atoms with van der Waals surface area (Å²) in [4.78, 5) is 11.5. The average Bonchev–Trinajstić information content (AvgIpc) is 2.95. The standard InChI is InChI=1S/C11H11F3N2O/c12-11(13,14)7-3-1-2-4-9(7)16-10(17)6-5-8(6)15/h1-4,6,8H,5,15H2,(H,16,17). The van der Waals surface area contributed by atoms with E-state index in [4.69, 9.17) is 5.73 Å². The Morgan fingerprint density at radius 3 is 2.47 bits per heavy atom. The van der Waals surface area contributed by atoms with Crippen LogP contribution in [0.15, 0.2) is 24.3 Å². The Morgan fingerprint density at radius 2 is 1.94 bits per heavy atom. The predicted molar refractivity (Wildman–Crippen MR) is 56.2 cm³/mol. The van der Waals surface area contributed by atoms with Gasteiger partial charge < -0.3 is 11.1 Å². The van der Waals surface area contributed by atoms with Crippen molar-refractivity contribution in [2.24, 2.45) is 11.7 Å². The SMILES string of the molecule is NC1CC1C(=O)Nc1ccccc1C(F)(F)F. The maximum atomic E-state index is 12.6. The minimum Gasteiger partial charge on any atom is -0.327 e. The first-order valence-electron chi connectivity index (χ1n) is 5.12. The van der Waals surface area contributed by atoms with Crippen LogP contribution in [0.1, 0.15) is 12.0 Å². The van der Waals surface area contributed by atoms with Gasteiger partial charge >= 0.3 is 6.18 Å². The fourth-order valence-corrected chi connectivity index (χ4v) is 1.58. The van der Waals surface area contributed by atoms with E-state index in [9.17, 15) is 18.0 Å². The highest BCUT2D eigenvalue weighted by Crippen LogP contribution is 2.36. The number of nitrogens with one attached hydrogen (secondary N) is 1. The maximum absolute atomic E-state index is 12.6. The van der Waals surface area contributed by atoms with Crippen molar-refractivity contribution in [2.45, 2.75) is 18.6 Å². The molecule has 2 atom stereocenters. The van der Waals surface area contributed by atoms with Crippen molar-refractivity contribution in [2.75, 3.05) is 5.32 Å². The summed E-state index contributed by atoms with van der Waals surface area (Å²) < 4.78 is 37.8. The van der Waals surface area contributed by atoms with Crippen LogP contribution in [0.5, 0.6) is 0 Å². The van der Waals surface area contributed by atoms with Crippen LogP contribution in [-0.2, 0) is 11.0 Å². The lowest BCUT2D eigenvalue weighted by Gasteiger charge is -2.13. The van der Waals surface area contributed by atoms with E-state index in [0.717, 1.165) is 6.07 Å². The van der Waals surface area contributed by atoms with E-state index < -0.39 is 17.6 Å². The van der Waals surface area contributed by atoms with Crippen molar-refractivity contribution in [3.05, 3.63) is 29.8 Å². The molecular formula is C11H11F3N2O. The van der Waals surface area contributed by atoms with Crippen LogP contribution in [0, 0.1) is 5.92 Å². The van der Waals surface area contributed by atoms with E-state index >= 15 is 0 Å². The smallest absolute Gasteiger partial charge is 0.327 e. The Kier molecular flexibility index (Phi) is 2.82. The number of amides is 1. The van der Waals surface area contributed by atoms with Gasteiger partial charge in [0.1, 0.15) is 0 Å². The molecule has 0 aliphatic heterocycles. The molecule has 6 heteroatoms. The second-order valence-electron chi connectivity index (χ2n) is 4.04. The first-order valence-corrected chi connectivity index (χ1v) is 5.12.